The van der Waals surface area contributed by atoms with Crippen LogP contribution in [-0.2, 0) is 22.7 Å². The average molecular weight is 690 g/mol. The second-order valence-electron chi connectivity index (χ2n) is 11.3. The third kappa shape index (κ3) is 7.54. The minimum Gasteiger partial charge on any atom is -0.497 e. The number of anilines is 3. The van der Waals surface area contributed by atoms with E-state index in [1.165, 1.54) is 44.9 Å². The maximum absolute atomic E-state index is 15.8. The van der Waals surface area contributed by atoms with Crippen molar-refractivity contribution in [3.63, 3.8) is 0 Å². The van der Waals surface area contributed by atoms with Gasteiger partial charge in [-0.2, -0.15) is 13.2 Å². The van der Waals surface area contributed by atoms with Gasteiger partial charge < -0.3 is 24.6 Å². The van der Waals surface area contributed by atoms with Crippen molar-refractivity contribution < 1.29 is 35.5 Å². The Morgan fingerprint density at radius 1 is 1.00 bits per heavy atom. The first-order chi connectivity index (χ1) is 22.8. The highest BCUT2D eigenvalue weighted by atomic mass is 32.2. The van der Waals surface area contributed by atoms with E-state index in [0.717, 1.165) is 28.7 Å². The first-order valence-electron chi connectivity index (χ1n) is 14.8. The van der Waals surface area contributed by atoms with Gasteiger partial charge in [-0.15, -0.1) is 0 Å². The molecule has 2 atom stereocenters. The smallest absolute Gasteiger partial charge is 0.416 e. The summed E-state index contributed by atoms with van der Waals surface area (Å²) in [4.78, 5) is 15.3. The summed E-state index contributed by atoms with van der Waals surface area (Å²) in [5.74, 6) is 0.147. The van der Waals surface area contributed by atoms with Gasteiger partial charge >= 0.3 is 6.18 Å². The Kier molecular flexibility index (Phi) is 10.2. The van der Waals surface area contributed by atoms with Crippen LogP contribution in [0.4, 0.5) is 34.9 Å². The lowest BCUT2D eigenvalue weighted by Crippen LogP contribution is -2.56. The Hall–Kier alpha value is -4.70. The molecule has 0 aliphatic carbocycles. The second-order valence-corrected chi connectivity index (χ2v) is 13.1. The number of sulfonamides is 1. The maximum atomic E-state index is 15.8. The van der Waals surface area contributed by atoms with Crippen LogP contribution in [0.1, 0.15) is 17.5 Å². The first-order valence-corrected chi connectivity index (χ1v) is 16.3. The number of pyridine rings is 1. The summed E-state index contributed by atoms with van der Waals surface area (Å²) in [5, 5.41) is 3.30. The number of alkyl halides is 3. The molecule has 1 saturated heterocycles. The van der Waals surface area contributed by atoms with E-state index in [0.29, 0.717) is 42.3 Å². The number of methoxy groups -OCH3 is 2. The highest BCUT2D eigenvalue weighted by molar-refractivity contribution is 7.92. The van der Waals surface area contributed by atoms with E-state index in [9.17, 15) is 21.6 Å². The number of likely N-dealkylation sites (N-methyl/N-ethyl adjacent to an activating group) is 1. The van der Waals surface area contributed by atoms with Crippen molar-refractivity contribution in [2.75, 3.05) is 55.9 Å². The van der Waals surface area contributed by atoms with E-state index >= 15 is 4.39 Å². The number of ether oxygens (including phenoxy) is 2. The van der Waals surface area contributed by atoms with Crippen LogP contribution in [0.25, 0.3) is 0 Å². The molecule has 2 aromatic heterocycles. The minimum absolute atomic E-state index is 0.0281. The van der Waals surface area contributed by atoms with Gasteiger partial charge in [0.15, 0.2) is 0 Å². The van der Waals surface area contributed by atoms with Gasteiger partial charge in [0.25, 0.3) is 10.0 Å². The van der Waals surface area contributed by atoms with Crippen LogP contribution < -0.4 is 24.0 Å². The SMILES string of the molecule is COc1ccc(CN(c2ccncn2)S(=O)(=O)c2ccc(N[C@H]3CCN(c4cc(C(F)(F)F)ccn4)C[C@@H]3N(C)C)cc2F)c(OC)c1. The molecular formula is C32H35F4N7O4S. The van der Waals surface area contributed by atoms with Crippen molar-refractivity contribution >= 4 is 27.3 Å². The number of benzene rings is 2. The van der Waals surface area contributed by atoms with Crippen molar-refractivity contribution in [3.8, 4) is 11.5 Å². The monoisotopic (exact) mass is 689 g/mol. The van der Waals surface area contributed by atoms with Gasteiger partial charge in [-0.3, -0.25) is 0 Å². The normalized spacial score (nSPS) is 16.9. The molecule has 3 heterocycles. The fourth-order valence-corrected chi connectivity index (χ4v) is 7.04. The van der Waals surface area contributed by atoms with Crippen LogP contribution in [0.5, 0.6) is 11.5 Å². The molecule has 256 valence electrons. The lowest BCUT2D eigenvalue weighted by Gasteiger charge is -2.43. The Bertz CT molecular complexity index is 1830. The fraction of sp³-hybridized carbons (Fsp3) is 0.344. The van der Waals surface area contributed by atoms with E-state index in [4.69, 9.17) is 9.47 Å². The summed E-state index contributed by atoms with van der Waals surface area (Å²) in [6.07, 6.45) is -0.272. The summed E-state index contributed by atoms with van der Waals surface area (Å²) in [6, 6.07) is 11.7. The quantitative estimate of drug-likeness (QED) is 0.215. The molecule has 11 nitrogen and oxygen atoms in total. The van der Waals surface area contributed by atoms with Gasteiger partial charge in [0.2, 0.25) is 0 Å². The number of hydrogen-bond acceptors (Lipinski definition) is 10. The molecule has 2 aromatic carbocycles. The Morgan fingerprint density at radius 3 is 2.44 bits per heavy atom. The molecule has 1 fully saturated rings. The number of rotatable bonds is 11. The first kappa shape index (κ1) is 34.6. The molecule has 1 aliphatic heterocycles. The van der Waals surface area contributed by atoms with E-state index in [1.54, 1.807) is 23.1 Å². The van der Waals surface area contributed by atoms with E-state index in [1.807, 2.05) is 19.0 Å². The van der Waals surface area contributed by atoms with Crippen molar-refractivity contribution in [1.29, 1.82) is 0 Å². The molecule has 16 heteroatoms. The zero-order chi connectivity index (χ0) is 34.6. The summed E-state index contributed by atoms with van der Waals surface area (Å²) in [7, 11) is 2.13. The summed E-state index contributed by atoms with van der Waals surface area (Å²) in [6.45, 7) is 0.528. The number of nitrogens with one attached hydrogen (secondary N) is 1. The summed E-state index contributed by atoms with van der Waals surface area (Å²) in [5.41, 5.74) is 0.0565. The average Bonchev–Trinajstić information content (AvgIpc) is 3.07. The molecule has 1 N–H and O–H groups in total. The Morgan fingerprint density at radius 2 is 1.79 bits per heavy atom. The highest BCUT2D eigenvalue weighted by Gasteiger charge is 2.35. The minimum atomic E-state index is -4.50. The predicted octanol–water partition coefficient (Wildman–Crippen LogP) is 5.06. The van der Waals surface area contributed by atoms with E-state index in [-0.39, 0.29) is 30.3 Å². The van der Waals surface area contributed by atoms with Crippen molar-refractivity contribution in [3.05, 3.63) is 90.3 Å². The van der Waals surface area contributed by atoms with Crippen LogP contribution in [-0.4, -0.2) is 81.8 Å². The topological polar surface area (TPSA) is 113 Å². The van der Waals surface area contributed by atoms with Crippen molar-refractivity contribution in [2.24, 2.45) is 0 Å². The largest absolute Gasteiger partial charge is 0.497 e. The molecule has 0 spiro atoms. The maximum Gasteiger partial charge on any atom is 0.416 e. The Balaban J connectivity index is 1.38. The Labute approximate surface area is 276 Å². The molecule has 0 radical (unpaired) electrons. The third-order valence-corrected chi connectivity index (χ3v) is 9.91. The van der Waals surface area contributed by atoms with Gasteiger partial charge in [0, 0.05) is 61.0 Å². The molecule has 48 heavy (non-hydrogen) atoms. The zero-order valence-corrected chi connectivity index (χ0v) is 27.5. The van der Waals surface area contributed by atoms with Crippen LogP contribution in [0.3, 0.4) is 0 Å². The van der Waals surface area contributed by atoms with Gasteiger partial charge in [-0.1, -0.05) is 0 Å². The van der Waals surface area contributed by atoms with E-state index < -0.39 is 32.5 Å². The van der Waals surface area contributed by atoms with Crippen molar-refractivity contribution in [1.82, 2.24) is 19.9 Å². The highest BCUT2D eigenvalue weighted by Crippen LogP contribution is 2.34. The van der Waals surface area contributed by atoms with Gasteiger partial charge in [-0.25, -0.2) is 32.1 Å². The summed E-state index contributed by atoms with van der Waals surface area (Å²) < 4.78 is 95.5. The number of hydrogen-bond donors (Lipinski definition) is 1. The predicted molar refractivity (Wildman–Crippen MR) is 172 cm³/mol. The standard InChI is InChI=1S/C32H35F4N7O4S/c1-41(2)27-19-42(31-15-22(9-13-38-31)32(34,35)36)14-11-26(27)40-23-6-8-29(25(33)16-23)48(44,45)43(30-10-12-37-20-39-30)18-21-5-7-24(46-3)17-28(21)47-4/h5-10,12-13,15-17,20,26-27,40H,11,14,18-19H2,1-4H3/t26-,27-/m0/s1. The molecule has 0 bridgehead atoms. The second kappa shape index (κ2) is 14.2. The lowest BCUT2D eigenvalue weighted by atomic mass is 9.97. The molecule has 5 rings (SSSR count). The van der Waals surface area contributed by atoms with Gasteiger partial charge in [0.05, 0.1) is 26.3 Å². The van der Waals surface area contributed by atoms with E-state index in [2.05, 4.69) is 20.3 Å². The summed E-state index contributed by atoms with van der Waals surface area (Å²) >= 11 is 0. The lowest BCUT2D eigenvalue weighted by molar-refractivity contribution is -0.137. The van der Waals surface area contributed by atoms with Crippen LogP contribution in [0.15, 0.2) is 78.2 Å². The molecule has 0 amide bonds. The number of piperidine rings is 1. The van der Waals surface area contributed by atoms with Gasteiger partial charge in [-0.05, 0) is 63.0 Å². The van der Waals surface area contributed by atoms with Gasteiger partial charge in [0.1, 0.15) is 40.2 Å². The molecule has 1 aliphatic rings. The zero-order valence-electron chi connectivity index (χ0n) is 26.6. The number of halogens is 4. The fourth-order valence-electron chi connectivity index (χ4n) is 5.59. The molecule has 4 aromatic rings. The molecular weight excluding hydrogens is 654 g/mol. The number of nitrogens with zero attached hydrogens (tertiary/aromatic N) is 6. The van der Waals surface area contributed by atoms with Crippen LogP contribution in [0, 0.1) is 5.82 Å². The van der Waals surface area contributed by atoms with Crippen LogP contribution in [0.2, 0.25) is 0 Å². The van der Waals surface area contributed by atoms with Crippen molar-refractivity contribution in [2.45, 2.75) is 36.1 Å². The number of aromatic nitrogens is 3. The molecule has 0 unspecified atom stereocenters. The third-order valence-electron chi connectivity index (χ3n) is 8.12. The molecule has 0 saturated carbocycles. The van der Waals surface area contributed by atoms with Crippen LogP contribution >= 0.6 is 0 Å².